The van der Waals surface area contributed by atoms with Crippen molar-refractivity contribution in [2.24, 2.45) is 0 Å². The van der Waals surface area contributed by atoms with Crippen LogP contribution < -0.4 is 0 Å². The Kier molecular flexibility index (Phi) is 3.79. The molecule has 0 saturated heterocycles. The second kappa shape index (κ2) is 5.09. The largest absolute Gasteiger partial charge is 0.469 e. The smallest absolute Gasteiger partial charge is 0.356 e. The highest BCUT2D eigenvalue weighted by atomic mass is 16.5. The summed E-state index contributed by atoms with van der Waals surface area (Å²) in [7, 11) is 2.60. The third kappa shape index (κ3) is 3.05. The molecule has 0 radical (unpaired) electrons. The quantitative estimate of drug-likeness (QED) is 0.681. The maximum atomic E-state index is 11.0. The Hall–Kier alpha value is -1.91. The van der Waals surface area contributed by atoms with Gasteiger partial charge in [-0.15, -0.1) is 0 Å². The molecule has 0 amide bonds. The van der Waals surface area contributed by atoms with E-state index in [0.717, 1.165) is 0 Å². The number of nitrogens with zero attached hydrogens (tertiary/aromatic N) is 1. The molecular formula is C10H11NO4. The topological polar surface area (TPSA) is 65.5 Å². The van der Waals surface area contributed by atoms with Crippen molar-refractivity contribution < 1.29 is 19.1 Å². The molecule has 1 rings (SSSR count). The summed E-state index contributed by atoms with van der Waals surface area (Å²) < 4.78 is 8.98. The number of pyridine rings is 1. The Labute approximate surface area is 87.0 Å². The predicted octanol–water partition coefficient (Wildman–Crippen LogP) is 0.584. The van der Waals surface area contributed by atoms with Gasteiger partial charge in [0.1, 0.15) is 5.69 Å². The van der Waals surface area contributed by atoms with Crippen molar-refractivity contribution >= 4 is 11.9 Å². The van der Waals surface area contributed by atoms with E-state index in [1.54, 1.807) is 6.07 Å². The molecule has 0 aliphatic heterocycles. The molecule has 0 fully saturated rings. The summed E-state index contributed by atoms with van der Waals surface area (Å²) >= 11 is 0. The van der Waals surface area contributed by atoms with Gasteiger partial charge in [0.05, 0.1) is 20.6 Å². The summed E-state index contributed by atoms with van der Waals surface area (Å²) in [5.74, 6) is -0.845. The number of rotatable bonds is 3. The fourth-order valence-electron chi connectivity index (χ4n) is 0.993. The van der Waals surface area contributed by atoms with Crippen LogP contribution in [0.4, 0.5) is 0 Å². The number of carbonyl (C=O) groups excluding carboxylic acids is 2. The fraction of sp³-hybridized carbons (Fsp3) is 0.300. The zero-order valence-electron chi connectivity index (χ0n) is 8.52. The number of carbonyl (C=O) groups is 2. The van der Waals surface area contributed by atoms with E-state index >= 15 is 0 Å². The van der Waals surface area contributed by atoms with Crippen molar-refractivity contribution in [3.8, 4) is 0 Å². The van der Waals surface area contributed by atoms with Gasteiger partial charge in [-0.1, -0.05) is 6.07 Å². The number of aromatic nitrogens is 1. The first kappa shape index (κ1) is 11.2. The standard InChI is InChI=1S/C10H11NO4/c1-14-9(12)5-7-3-4-8(11-6-7)10(13)15-2/h3-4,6H,5H2,1-2H3. The van der Waals surface area contributed by atoms with Crippen LogP contribution in [0.25, 0.3) is 0 Å². The molecule has 80 valence electrons. The van der Waals surface area contributed by atoms with Gasteiger partial charge < -0.3 is 9.47 Å². The first-order chi connectivity index (χ1) is 7.17. The van der Waals surface area contributed by atoms with Gasteiger partial charge >= 0.3 is 11.9 Å². The molecule has 0 aromatic carbocycles. The Morgan fingerprint density at radius 3 is 2.47 bits per heavy atom. The SMILES string of the molecule is COC(=O)Cc1ccc(C(=O)OC)nc1. The van der Waals surface area contributed by atoms with Gasteiger partial charge in [0, 0.05) is 6.20 Å². The molecule has 0 N–H and O–H groups in total. The second-order valence-corrected chi connectivity index (χ2v) is 2.80. The molecule has 0 bridgehead atoms. The number of methoxy groups -OCH3 is 2. The average molecular weight is 209 g/mol. The normalized spacial score (nSPS) is 9.47. The van der Waals surface area contributed by atoms with Crippen LogP contribution in [0.2, 0.25) is 0 Å². The number of ether oxygens (including phenoxy) is 2. The minimum Gasteiger partial charge on any atom is -0.469 e. The molecule has 5 heteroatoms. The molecule has 0 spiro atoms. The summed E-state index contributed by atoms with van der Waals surface area (Å²) in [5.41, 5.74) is 0.903. The van der Waals surface area contributed by atoms with Crippen molar-refractivity contribution in [3.63, 3.8) is 0 Å². The highest BCUT2D eigenvalue weighted by Gasteiger charge is 2.08. The number of esters is 2. The zero-order chi connectivity index (χ0) is 11.3. The van der Waals surface area contributed by atoms with Crippen LogP contribution >= 0.6 is 0 Å². The first-order valence-electron chi connectivity index (χ1n) is 4.27. The van der Waals surface area contributed by atoms with Crippen LogP contribution in [0.3, 0.4) is 0 Å². The predicted molar refractivity (Wildman–Crippen MR) is 51.3 cm³/mol. The number of hydrogen-bond acceptors (Lipinski definition) is 5. The van der Waals surface area contributed by atoms with Gasteiger partial charge in [-0.05, 0) is 11.6 Å². The lowest BCUT2D eigenvalue weighted by molar-refractivity contribution is -0.139. The Morgan fingerprint density at radius 1 is 1.27 bits per heavy atom. The minimum absolute atomic E-state index is 0.144. The van der Waals surface area contributed by atoms with Gasteiger partial charge in [0.15, 0.2) is 0 Å². The molecule has 0 aliphatic rings. The lowest BCUT2D eigenvalue weighted by Crippen LogP contribution is -2.07. The lowest BCUT2D eigenvalue weighted by atomic mass is 10.2. The molecule has 0 aliphatic carbocycles. The second-order valence-electron chi connectivity index (χ2n) is 2.80. The van der Waals surface area contributed by atoms with Gasteiger partial charge in [0.25, 0.3) is 0 Å². The van der Waals surface area contributed by atoms with E-state index in [0.29, 0.717) is 5.56 Å². The van der Waals surface area contributed by atoms with Crippen LogP contribution in [0.1, 0.15) is 16.1 Å². The van der Waals surface area contributed by atoms with E-state index in [1.807, 2.05) is 0 Å². The Balaban J connectivity index is 2.72. The molecule has 0 saturated carbocycles. The van der Waals surface area contributed by atoms with Crippen molar-refractivity contribution in [2.45, 2.75) is 6.42 Å². The summed E-state index contributed by atoms with van der Waals surface area (Å²) in [5, 5.41) is 0. The van der Waals surface area contributed by atoms with Crippen molar-refractivity contribution in [1.29, 1.82) is 0 Å². The van der Waals surface area contributed by atoms with E-state index in [-0.39, 0.29) is 18.1 Å². The van der Waals surface area contributed by atoms with Crippen LogP contribution in [0, 0.1) is 0 Å². The third-order valence-electron chi connectivity index (χ3n) is 1.80. The zero-order valence-corrected chi connectivity index (χ0v) is 8.52. The van der Waals surface area contributed by atoms with Crippen molar-refractivity contribution in [3.05, 3.63) is 29.6 Å². The molecule has 15 heavy (non-hydrogen) atoms. The summed E-state index contributed by atoms with van der Waals surface area (Å²) in [6.07, 6.45) is 1.59. The van der Waals surface area contributed by atoms with E-state index < -0.39 is 5.97 Å². The highest BCUT2D eigenvalue weighted by molar-refractivity contribution is 5.87. The summed E-state index contributed by atoms with van der Waals surface area (Å²) in [4.78, 5) is 25.8. The molecule has 0 atom stereocenters. The van der Waals surface area contributed by atoms with E-state index in [1.165, 1.54) is 26.5 Å². The van der Waals surface area contributed by atoms with Crippen molar-refractivity contribution in [1.82, 2.24) is 4.98 Å². The monoisotopic (exact) mass is 209 g/mol. The van der Waals surface area contributed by atoms with Crippen LogP contribution in [0.5, 0.6) is 0 Å². The first-order valence-corrected chi connectivity index (χ1v) is 4.27. The highest BCUT2D eigenvalue weighted by Crippen LogP contribution is 2.03. The van der Waals surface area contributed by atoms with Crippen molar-refractivity contribution in [2.75, 3.05) is 14.2 Å². The molecule has 1 aromatic heterocycles. The summed E-state index contributed by atoms with van der Waals surface area (Å²) in [6.45, 7) is 0. The third-order valence-corrected chi connectivity index (χ3v) is 1.80. The maximum Gasteiger partial charge on any atom is 0.356 e. The molecular weight excluding hydrogens is 198 g/mol. The molecule has 5 nitrogen and oxygen atoms in total. The van der Waals surface area contributed by atoms with Crippen LogP contribution in [0.15, 0.2) is 18.3 Å². The fourth-order valence-corrected chi connectivity index (χ4v) is 0.993. The van der Waals surface area contributed by atoms with Crippen LogP contribution in [-0.2, 0) is 20.7 Å². The van der Waals surface area contributed by atoms with E-state index in [4.69, 9.17) is 0 Å². The average Bonchev–Trinajstić information content (AvgIpc) is 2.29. The maximum absolute atomic E-state index is 11.0. The number of hydrogen-bond donors (Lipinski definition) is 0. The van der Waals surface area contributed by atoms with E-state index in [2.05, 4.69) is 14.5 Å². The minimum atomic E-state index is -0.500. The molecule has 1 aromatic rings. The summed E-state index contributed by atoms with van der Waals surface area (Å²) in [6, 6.07) is 3.14. The Morgan fingerprint density at radius 2 is 2.00 bits per heavy atom. The molecule has 0 unspecified atom stereocenters. The lowest BCUT2D eigenvalue weighted by Gasteiger charge is -2.01. The van der Waals surface area contributed by atoms with Gasteiger partial charge in [-0.3, -0.25) is 4.79 Å². The van der Waals surface area contributed by atoms with E-state index in [9.17, 15) is 9.59 Å². The van der Waals surface area contributed by atoms with Gasteiger partial charge in [-0.25, -0.2) is 9.78 Å². The van der Waals surface area contributed by atoms with Gasteiger partial charge in [0.2, 0.25) is 0 Å². The molecule has 1 heterocycles. The van der Waals surface area contributed by atoms with Gasteiger partial charge in [-0.2, -0.15) is 0 Å². The Bertz CT molecular complexity index is 358. The van der Waals surface area contributed by atoms with Crippen LogP contribution in [-0.4, -0.2) is 31.1 Å².